The van der Waals surface area contributed by atoms with Gasteiger partial charge in [-0.25, -0.2) is 0 Å². The van der Waals surface area contributed by atoms with Crippen molar-refractivity contribution in [1.82, 2.24) is 4.90 Å². The number of aliphatic imine (C=N–C) groups is 1. The Bertz CT molecular complexity index is 117. The monoisotopic (exact) mass is 126 g/mol. The molecule has 0 aliphatic carbocycles. The van der Waals surface area contributed by atoms with Crippen molar-refractivity contribution in [3.8, 4) is 0 Å². The van der Waals surface area contributed by atoms with E-state index < -0.39 is 0 Å². The van der Waals surface area contributed by atoms with Crippen LogP contribution in [0.1, 0.15) is 13.3 Å². The Labute approximate surface area is 56.6 Å². The fraction of sp³-hybridized carbons (Fsp3) is 0.857. The minimum Gasteiger partial charge on any atom is -0.298 e. The third-order valence-corrected chi connectivity index (χ3v) is 2.03. The lowest BCUT2D eigenvalue weighted by molar-refractivity contribution is 0.334. The van der Waals surface area contributed by atoms with Gasteiger partial charge in [-0.05, 0) is 14.0 Å². The Balaban J connectivity index is 2.54. The molecule has 52 valence electrons. The molecule has 9 heavy (non-hydrogen) atoms. The fourth-order valence-electron chi connectivity index (χ4n) is 1.17. The lowest BCUT2D eigenvalue weighted by Gasteiger charge is -2.11. The highest BCUT2D eigenvalue weighted by Crippen LogP contribution is 2.11. The van der Waals surface area contributed by atoms with Crippen LogP contribution < -0.4 is 0 Å². The molecule has 1 aliphatic rings. The van der Waals surface area contributed by atoms with Crippen LogP contribution in [0.25, 0.3) is 0 Å². The predicted molar refractivity (Wildman–Crippen MR) is 40.1 cm³/mol. The standard InChI is InChI=1S/C7H14N2/c1-6-4-7(8-2)5-9(6)3/h6H,4-5H2,1-3H3. The summed E-state index contributed by atoms with van der Waals surface area (Å²) in [7, 11) is 4.02. The van der Waals surface area contributed by atoms with E-state index in [4.69, 9.17) is 0 Å². The average Bonchev–Trinajstić information content (AvgIpc) is 2.13. The molecule has 2 heteroatoms. The summed E-state index contributed by atoms with van der Waals surface area (Å²) in [6, 6.07) is 0.698. The molecule has 0 N–H and O–H groups in total. The Hall–Kier alpha value is -0.370. The summed E-state index contributed by atoms with van der Waals surface area (Å²) >= 11 is 0. The van der Waals surface area contributed by atoms with Crippen LogP contribution in [-0.4, -0.2) is 37.3 Å². The highest BCUT2D eigenvalue weighted by Gasteiger charge is 2.20. The summed E-state index contributed by atoms with van der Waals surface area (Å²) < 4.78 is 0. The first-order chi connectivity index (χ1) is 4.24. The van der Waals surface area contributed by atoms with Gasteiger partial charge in [0.05, 0.1) is 0 Å². The van der Waals surface area contributed by atoms with Gasteiger partial charge in [-0.3, -0.25) is 9.89 Å². The molecule has 0 aromatic rings. The maximum atomic E-state index is 4.16. The van der Waals surface area contributed by atoms with E-state index in [1.54, 1.807) is 0 Å². The molecule has 2 nitrogen and oxygen atoms in total. The quantitative estimate of drug-likeness (QED) is 0.468. The van der Waals surface area contributed by atoms with E-state index >= 15 is 0 Å². The molecule has 1 aliphatic heterocycles. The molecule has 1 atom stereocenters. The van der Waals surface area contributed by atoms with Gasteiger partial charge < -0.3 is 0 Å². The van der Waals surface area contributed by atoms with Crippen LogP contribution in [0.2, 0.25) is 0 Å². The third kappa shape index (κ3) is 1.30. The average molecular weight is 126 g/mol. The van der Waals surface area contributed by atoms with Crippen molar-refractivity contribution >= 4 is 5.71 Å². The highest BCUT2D eigenvalue weighted by atomic mass is 15.2. The van der Waals surface area contributed by atoms with E-state index in [0.29, 0.717) is 6.04 Å². The lowest BCUT2D eigenvalue weighted by atomic mass is 10.2. The topological polar surface area (TPSA) is 15.6 Å². The second-order valence-corrected chi connectivity index (χ2v) is 2.76. The molecule has 0 saturated carbocycles. The van der Waals surface area contributed by atoms with E-state index in [9.17, 15) is 0 Å². The Morgan fingerprint density at radius 2 is 2.33 bits per heavy atom. The van der Waals surface area contributed by atoms with Crippen molar-refractivity contribution in [3.05, 3.63) is 0 Å². The largest absolute Gasteiger partial charge is 0.298 e. The molecule has 0 amide bonds. The van der Waals surface area contributed by atoms with Crippen LogP contribution in [0.15, 0.2) is 4.99 Å². The van der Waals surface area contributed by atoms with E-state index in [2.05, 4.69) is 23.9 Å². The summed E-state index contributed by atoms with van der Waals surface area (Å²) in [5, 5.41) is 0. The predicted octanol–water partition coefficient (Wildman–Crippen LogP) is 0.781. The second kappa shape index (κ2) is 2.48. The second-order valence-electron chi connectivity index (χ2n) is 2.76. The number of hydrogen-bond donors (Lipinski definition) is 0. The molecule has 0 spiro atoms. The SMILES string of the molecule is CN=C1CC(C)N(C)C1. The Kier molecular flexibility index (Phi) is 1.86. The van der Waals surface area contributed by atoms with Crippen molar-refractivity contribution in [2.45, 2.75) is 19.4 Å². The zero-order chi connectivity index (χ0) is 6.85. The summed E-state index contributed by atoms with van der Waals surface area (Å²) in [6.07, 6.45) is 1.16. The Morgan fingerprint density at radius 3 is 2.56 bits per heavy atom. The molecule has 1 unspecified atom stereocenters. The van der Waals surface area contributed by atoms with Gasteiger partial charge in [-0.2, -0.15) is 0 Å². The number of nitrogens with zero attached hydrogens (tertiary/aromatic N) is 2. The van der Waals surface area contributed by atoms with Crippen LogP contribution in [-0.2, 0) is 0 Å². The van der Waals surface area contributed by atoms with E-state index in [1.807, 2.05) is 7.05 Å². The first-order valence-electron chi connectivity index (χ1n) is 3.39. The minimum atomic E-state index is 0.698. The summed E-state index contributed by atoms with van der Waals surface area (Å²) in [5.74, 6) is 0. The van der Waals surface area contributed by atoms with Gasteiger partial charge in [0.25, 0.3) is 0 Å². The number of hydrogen-bond acceptors (Lipinski definition) is 2. The molecular formula is C7H14N2. The first kappa shape index (κ1) is 6.75. The van der Waals surface area contributed by atoms with Gasteiger partial charge in [-0.1, -0.05) is 0 Å². The minimum absolute atomic E-state index is 0.698. The van der Waals surface area contributed by atoms with Gasteiger partial charge >= 0.3 is 0 Å². The lowest BCUT2D eigenvalue weighted by Crippen LogP contribution is -2.21. The summed E-state index contributed by atoms with van der Waals surface area (Å²) in [4.78, 5) is 6.49. The smallest absolute Gasteiger partial charge is 0.0363 e. The van der Waals surface area contributed by atoms with Crippen LogP contribution in [0, 0.1) is 0 Å². The molecule has 1 heterocycles. The van der Waals surface area contributed by atoms with Crippen molar-refractivity contribution in [3.63, 3.8) is 0 Å². The number of likely N-dealkylation sites (tertiary alicyclic amines) is 1. The maximum absolute atomic E-state index is 4.16. The molecular weight excluding hydrogens is 112 g/mol. The normalized spacial score (nSPS) is 34.1. The van der Waals surface area contributed by atoms with Gasteiger partial charge in [0.2, 0.25) is 0 Å². The molecule has 0 bridgehead atoms. The van der Waals surface area contributed by atoms with E-state index in [1.165, 1.54) is 5.71 Å². The fourth-order valence-corrected chi connectivity index (χ4v) is 1.17. The van der Waals surface area contributed by atoms with Crippen molar-refractivity contribution in [2.75, 3.05) is 20.6 Å². The van der Waals surface area contributed by atoms with Crippen molar-refractivity contribution in [2.24, 2.45) is 4.99 Å². The van der Waals surface area contributed by atoms with E-state index in [-0.39, 0.29) is 0 Å². The maximum Gasteiger partial charge on any atom is 0.0363 e. The number of rotatable bonds is 0. The van der Waals surface area contributed by atoms with Crippen molar-refractivity contribution in [1.29, 1.82) is 0 Å². The van der Waals surface area contributed by atoms with Gasteiger partial charge in [0.1, 0.15) is 0 Å². The van der Waals surface area contributed by atoms with Crippen LogP contribution >= 0.6 is 0 Å². The molecule has 1 saturated heterocycles. The molecule has 0 radical (unpaired) electrons. The van der Waals surface area contributed by atoms with Crippen LogP contribution in [0.4, 0.5) is 0 Å². The zero-order valence-electron chi connectivity index (χ0n) is 6.39. The van der Waals surface area contributed by atoms with Crippen molar-refractivity contribution < 1.29 is 0 Å². The molecule has 1 fully saturated rings. The molecule has 0 aromatic carbocycles. The highest BCUT2D eigenvalue weighted by molar-refractivity contribution is 5.88. The van der Waals surface area contributed by atoms with Gasteiger partial charge in [0.15, 0.2) is 0 Å². The summed E-state index contributed by atoms with van der Waals surface area (Å²) in [5.41, 5.74) is 1.34. The van der Waals surface area contributed by atoms with Gasteiger partial charge in [0, 0.05) is 31.8 Å². The third-order valence-electron chi connectivity index (χ3n) is 2.03. The van der Waals surface area contributed by atoms with Gasteiger partial charge in [-0.15, -0.1) is 0 Å². The summed E-state index contributed by atoms with van der Waals surface area (Å²) in [6.45, 7) is 3.30. The van der Waals surface area contributed by atoms with Crippen LogP contribution in [0.5, 0.6) is 0 Å². The first-order valence-corrected chi connectivity index (χ1v) is 3.39. The Morgan fingerprint density at radius 1 is 1.67 bits per heavy atom. The molecule has 1 rings (SSSR count). The molecule has 0 aromatic heterocycles. The zero-order valence-corrected chi connectivity index (χ0v) is 6.39. The van der Waals surface area contributed by atoms with E-state index in [0.717, 1.165) is 13.0 Å². The van der Waals surface area contributed by atoms with Crippen LogP contribution in [0.3, 0.4) is 0 Å².